The monoisotopic (exact) mass is 194 g/mol. The molecule has 0 aliphatic rings. The molecule has 0 spiro atoms. The van der Waals surface area contributed by atoms with E-state index in [1.54, 1.807) is 14.0 Å². The van der Waals surface area contributed by atoms with Crippen LogP contribution >= 0.6 is 0 Å². The van der Waals surface area contributed by atoms with Crippen LogP contribution in [0.3, 0.4) is 0 Å². The van der Waals surface area contributed by atoms with E-state index in [0.717, 1.165) is 0 Å². The third kappa shape index (κ3) is 4.04. The van der Waals surface area contributed by atoms with E-state index in [1.165, 1.54) is 0 Å². The summed E-state index contributed by atoms with van der Waals surface area (Å²) in [5.74, 6) is 0. The van der Waals surface area contributed by atoms with Gasteiger partial charge < -0.3 is 5.32 Å². The molecule has 5 heteroatoms. The van der Waals surface area contributed by atoms with Gasteiger partial charge in [0.05, 0.1) is 5.25 Å². The SMILES string of the molecule is CNCC(C)S(=O)(=O)NC(C)C. The normalized spacial score (nSPS) is 15.1. The van der Waals surface area contributed by atoms with E-state index in [4.69, 9.17) is 0 Å². The zero-order valence-electron chi connectivity index (χ0n) is 8.09. The standard InChI is InChI=1S/C7H18N2O2S/c1-6(2)9-12(10,11)7(3)5-8-4/h6-9H,5H2,1-4H3. The second-order valence-electron chi connectivity index (χ2n) is 3.19. The van der Waals surface area contributed by atoms with Gasteiger partial charge in [-0.25, -0.2) is 13.1 Å². The van der Waals surface area contributed by atoms with Crippen molar-refractivity contribution in [1.82, 2.24) is 10.0 Å². The topological polar surface area (TPSA) is 58.2 Å². The first-order valence-electron chi connectivity index (χ1n) is 4.06. The molecular weight excluding hydrogens is 176 g/mol. The largest absolute Gasteiger partial charge is 0.318 e. The Morgan fingerprint density at radius 2 is 1.75 bits per heavy atom. The van der Waals surface area contributed by atoms with Crippen molar-refractivity contribution >= 4 is 10.0 Å². The van der Waals surface area contributed by atoms with Crippen molar-refractivity contribution in [2.45, 2.75) is 32.1 Å². The van der Waals surface area contributed by atoms with Crippen LogP contribution in [0.2, 0.25) is 0 Å². The maximum atomic E-state index is 11.4. The molecule has 0 rings (SSSR count). The molecule has 0 aliphatic carbocycles. The molecule has 2 N–H and O–H groups in total. The van der Waals surface area contributed by atoms with E-state index >= 15 is 0 Å². The zero-order chi connectivity index (χ0) is 9.78. The van der Waals surface area contributed by atoms with Crippen molar-refractivity contribution in [3.8, 4) is 0 Å². The van der Waals surface area contributed by atoms with E-state index in [0.29, 0.717) is 6.54 Å². The fourth-order valence-electron chi connectivity index (χ4n) is 0.842. The van der Waals surface area contributed by atoms with Crippen LogP contribution in [0.4, 0.5) is 0 Å². The first-order valence-corrected chi connectivity index (χ1v) is 5.60. The van der Waals surface area contributed by atoms with Gasteiger partial charge >= 0.3 is 0 Å². The van der Waals surface area contributed by atoms with Gasteiger partial charge in [-0.3, -0.25) is 0 Å². The Balaban J connectivity index is 4.20. The Bertz CT molecular complexity index is 211. The number of nitrogens with one attached hydrogen (secondary N) is 2. The summed E-state index contributed by atoms with van der Waals surface area (Å²) in [7, 11) is -1.40. The fraction of sp³-hybridized carbons (Fsp3) is 1.00. The van der Waals surface area contributed by atoms with E-state index in [1.807, 2.05) is 13.8 Å². The fourth-order valence-corrected chi connectivity index (χ4v) is 2.12. The molecule has 0 aromatic rings. The number of hydrogen-bond acceptors (Lipinski definition) is 3. The van der Waals surface area contributed by atoms with Gasteiger partial charge in [-0.1, -0.05) is 0 Å². The zero-order valence-corrected chi connectivity index (χ0v) is 8.90. The minimum atomic E-state index is -3.13. The highest BCUT2D eigenvalue weighted by Gasteiger charge is 2.19. The molecule has 0 bridgehead atoms. The summed E-state index contributed by atoms with van der Waals surface area (Å²) in [5, 5.41) is 2.44. The Morgan fingerprint density at radius 1 is 1.25 bits per heavy atom. The van der Waals surface area contributed by atoms with Crippen LogP contribution < -0.4 is 10.0 Å². The average molecular weight is 194 g/mol. The molecule has 4 nitrogen and oxygen atoms in total. The minimum absolute atomic E-state index is 0.0330. The highest BCUT2D eigenvalue weighted by molar-refractivity contribution is 7.90. The van der Waals surface area contributed by atoms with Crippen LogP contribution in [0, 0.1) is 0 Å². The summed E-state index contributed by atoms with van der Waals surface area (Å²) in [6.45, 7) is 5.77. The van der Waals surface area contributed by atoms with Gasteiger partial charge in [0, 0.05) is 12.6 Å². The lowest BCUT2D eigenvalue weighted by Crippen LogP contribution is -2.41. The van der Waals surface area contributed by atoms with E-state index < -0.39 is 10.0 Å². The van der Waals surface area contributed by atoms with Gasteiger partial charge in [0.15, 0.2) is 0 Å². The molecule has 0 fully saturated rings. The van der Waals surface area contributed by atoms with E-state index in [9.17, 15) is 8.42 Å². The number of rotatable bonds is 5. The van der Waals surface area contributed by atoms with Crippen molar-refractivity contribution in [3.63, 3.8) is 0 Å². The predicted octanol–water partition coefficient (Wildman–Crippen LogP) is -0.0779. The summed E-state index contributed by atoms with van der Waals surface area (Å²) < 4.78 is 25.3. The molecule has 74 valence electrons. The van der Waals surface area contributed by atoms with Crippen LogP contribution in [0.25, 0.3) is 0 Å². The molecule has 0 aromatic heterocycles. The van der Waals surface area contributed by atoms with Gasteiger partial charge in [-0.15, -0.1) is 0 Å². The summed E-state index contributed by atoms with van der Waals surface area (Å²) >= 11 is 0. The van der Waals surface area contributed by atoms with Gasteiger partial charge in [0.2, 0.25) is 10.0 Å². The molecule has 0 saturated carbocycles. The highest BCUT2D eigenvalue weighted by atomic mass is 32.2. The molecule has 0 aliphatic heterocycles. The lowest BCUT2D eigenvalue weighted by atomic mass is 10.4. The van der Waals surface area contributed by atoms with E-state index in [2.05, 4.69) is 10.0 Å². The van der Waals surface area contributed by atoms with Crippen LogP contribution in [-0.2, 0) is 10.0 Å². The van der Waals surface area contributed by atoms with Crippen molar-refractivity contribution in [3.05, 3.63) is 0 Å². The molecule has 0 radical (unpaired) electrons. The van der Waals surface area contributed by atoms with Crippen molar-refractivity contribution in [1.29, 1.82) is 0 Å². The molecule has 0 amide bonds. The van der Waals surface area contributed by atoms with Gasteiger partial charge in [0.25, 0.3) is 0 Å². The maximum Gasteiger partial charge on any atom is 0.215 e. The summed E-state index contributed by atoms with van der Waals surface area (Å²) in [6.07, 6.45) is 0. The molecule has 1 atom stereocenters. The Morgan fingerprint density at radius 3 is 2.08 bits per heavy atom. The van der Waals surface area contributed by atoms with Crippen molar-refractivity contribution in [2.75, 3.05) is 13.6 Å². The smallest absolute Gasteiger partial charge is 0.215 e. The third-order valence-electron chi connectivity index (χ3n) is 1.42. The van der Waals surface area contributed by atoms with Crippen molar-refractivity contribution in [2.24, 2.45) is 0 Å². The molecule has 0 aromatic carbocycles. The van der Waals surface area contributed by atoms with E-state index in [-0.39, 0.29) is 11.3 Å². The Kier molecular flexibility index (Phi) is 4.74. The van der Waals surface area contributed by atoms with Crippen LogP contribution in [0.15, 0.2) is 0 Å². The first kappa shape index (κ1) is 11.9. The minimum Gasteiger partial charge on any atom is -0.318 e. The Labute approximate surface area is 74.8 Å². The molecule has 0 saturated heterocycles. The summed E-state index contributed by atoms with van der Waals surface area (Å²) in [6, 6.07) is -0.0330. The van der Waals surface area contributed by atoms with Crippen molar-refractivity contribution < 1.29 is 8.42 Å². The summed E-state index contributed by atoms with van der Waals surface area (Å²) in [4.78, 5) is 0. The maximum absolute atomic E-state index is 11.4. The highest BCUT2D eigenvalue weighted by Crippen LogP contribution is 1.97. The second kappa shape index (κ2) is 4.79. The lowest BCUT2D eigenvalue weighted by Gasteiger charge is -2.15. The second-order valence-corrected chi connectivity index (χ2v) is 5.32. The first-order chi connectivity index (χ1) is 5.40. The van der Waals surface area contributed by atoms with Crippen LogP contribution in [0.1, 0.15) is 20.8 Å². The third-order valence-corrected chi connectivity index (χ3v) is 3.45. The predicted molar refractivity (Wildman–Crippen MR) is 50.6 cm³/mol. The van der Waals surface area contributed by atoms with Crippen LogP contribution in [0.5, 0.6) is 0 Å². The summed E-state index contributed by atoms with van der Waals surface area (Å²) in [5.41, 5.74) is 0. The number of hydrogen-bond donors (Lipinski definition) is 2. The number of sulfonamides is 1. The molecule has 0 heterocycles. The van der Waals surface area contributed by atoms with Gasteiger partial charge in [-0.05, 0) is 27.8 Å². The molecule has 12 heavy (non-hydrogen) atoms. The quantitative estimate of drug-likeness (QED) is 0.643. The molecular formula is C7H18N2O2S. The Hall–Kier alpha value is -0.130. The molecule has 1 unspecified atom stereocenters. The van der Waals surface area contributed by atoms with Gasteiger partial charge in [0.1, 0.15) is 0 Å². The van der Waals surface area contributed by atoms with Crippen LogP contribution in [-0.4, -0.2) is 33.3 Å². The lowest BCUT2D eigenvalue weighted by molar-refractivity contribution is 0.552. The van der Waals surface area contributed by atoms with Gasteiger partial charge in [-0.2, -0.15) is 0 Å². The average Bonchev–Trinajstić information content (AvgIpc) is 1.85.